The quantitative estimate of drug-likeness (QED) is 0.317. The van der Waals surface area contributed by atoms with Crippen LogP contribution in [-0.2, 0) is 16.0 Å². The van der Waals surface area contributed by atoms with Gasteiger partial charge in [0.15, 0.2) is 6.10 Å². The zero-order valence-electron chi connectivity index (χ0n) is 27.4. The molecule has 6 rings (SSSR count). The smallest absolute Gasteiger partial charge is 0.410 e. The van der Waals surface area contributed by atoms with Gasteiger partial charge in [-0.3, -0.25) is 4.79 Å². The summed E-state index contributed by atoms with van der Waals surface area (Å²) in [6.45, 7) is 4.92. The summed E-state index contributed by atoms with van der Waals surface area (Å²) in [5, 5.41) is 22.9. The Morgan fingerprint density at radius 2 is 1.60 bits per heavy atom. The van der Waals surface area contributed by atoms with Gasteiger partial charge in [-0.25, -0.2) is 9.59 Å². The lowest BCUT2D eigenvalue weighted by atomic mass is 9.93. The van der Waals surface area contributed by atoms with Crippen molar-refractivity contribution in [3.8, 4) is 0 Å². The van der Waals surface area contributed by atoms with E-state index in [9.17, 15) is 24.6 Å². The van der Waals surface area contributed by atoms with Crippen molar-refractivity contribution in [3.05, 3.63) is 51.7 Å². The molecule has 11 nitrogen and oxygen atoms in total. The van der Waals surface area contributed by atoms with E-state index in [4.69, 9.17) is 4.74 Å². The largest absolute Gasteiger partial charge is 0.510 e. The van der Waals surface area contributed by atoms with Crippen LogP contribution in [0.15, 0.2) is 46.2 Å². The number of alkyl halides is 1. The highest BCUT2D eigenvalue weighted by atomic mass is 79.9. The third kappa shape index (κ3) is 8.22. The number of nitrogens with zero attached hydrogens (tertiary/aromatic N) is 4. The highest BCUT2D eigenvalue weighted by Gasteiger charge is 2.37. The summed E-state index contributed by atoms with van der Waals surface area (Å²) in [5.74, 6) is 0.410. The summed E-state index contributed by atoms with van der Waals surface area (Å²) in [5.41, 5.74) is 2.88. The van der Waals surface area contributed by atoms with E-state index >= 15 is 0 Å². The van der Waals surface area contributed by atoms with Crippen molar-refractivity contribution >= 4 is 55.6 Å². The molecule has 0 bridgehead atoms. The first kappa shape index (κ1) is 35.2. The molecular weight excluding hydrogens is 746 g/mol. The lowest BCUT2D eigenvalue weighted by molar-refractivity contribution is -0.142. The molecule has 0 radical (unpaired) electrons. The van der Waals surface area contributed by atoms with Crippen LogP contribution in [0.4, 0.5) is 15.3 Å². The highest BCUT2D eigenvalue weighted by molar-refractivity contribution is 9.12. The summed E-state index contributed by atoms with van der Waals surface area (Å²) in [6.07, 6.45) is 6.87. The van der Waals surface area contributed by atoms with Crippen LogP contribution in [0.5, 0.6) is 0 Å². The summed E-state index contributed by atoms with van der Waals surface area (Å²) in [6, 6.07) is 8.19. The van der Waals surface area contributed by atoms with E-state index < -0.39 is 12.2 Å². The van der Waals surface area contributed by atoms with Crippen LogP contribution < -0.4 is 5.32 Å². The third-order valence-corrected chi connectivity index (χ3v) is 12.2. The van der Waals surface area contributed by atoms with E-state index in [0.29, 0.717) is 68.4 Å². The number of aliphatic hydroxyl groups excluding tert-OH is 2. The van der Waals surface area contributed by atoms with Crippen LogP contribution >= 0.6 is 31.9 Å². The van der Waals surface area contributed by atoms with Gasteiger partial charge in [-0.15, -0.1) is 0 Å². The maximum Gasteiger partial charge on any atom is 0.410 e. The molecule has 3 N–H and O–H groups in total. The molecule has 1 aromatic rings. The Hall–Kier alpha value is -2.61. The average Bonchev–Trinajstić information content (AvgIpc) is 3.28. The van der Waals surface area contributed by atoms with Gasteiger partial charge in [-0.1, -0.05) is 39.7 Å². The average molecular weight is 794 g/mol. The van der Waals surface area contributed by atoms with E-state index in [1.165, 1.54) is 0 Å². The molecular formula is C35H47Br2N5O6. The molecule has 0 aromatic heterocycles. The number of allylic oxidation sites excluding steroid dienone is 3. The van der Waals surface area contributed by atoms with Gasteiger partial charge in [0.1, 0.15) is 5.76 Å². The van der Waals surface area contributed by atoms with Gasteiger partial charge in [-0.05, 0) is 104 Å². The fraction of sp³-hybridized carbons (Fsp3) is 0.629. The standard InChI is InChI=1S/C35H47Br2N5O6/c36-28-19-24(20-29(37)32(28)44)21-31(33(45)40-14-8-26(9-15-40)39-12-5-23(22-43)6-13-39)48-35(47)41-16-10-27(11-17-41)42-18-7-25-3-1-2-4-30(25)38-34(42)46/h1-4,19,23,26-27,29,31,43-44H,5-18,20-22H2,(H,38,46)/t29?,31-/m1/s1. The first-order valence-corrected chi connectivity index (χ1v) is 19.1. The topological polar surface area (TPSA) is 126 Å². The molecule has 1 aliphatic carbocycles. The lowest BCUT2D eigenvalue weighted by Crippen LogP contribution is -2.53. The fourth-order valence-corrected chi connectivity index (χ4v) is 9.37. The SMILES string of the molecule is O=C(O[C@H](CC1=CC(Br)=C(O)C(Br)C1)C(=O)N1CCC(N2CCC(CO)CC2)CC1)N1CCC(N2CCc3ccccc3NC2=O)CC1. The van der Waals surface area contributed by atoms with Gasteiger partial charge in [0, 0.05) is 63.5 Å². The number of amides is 4. The zero-order chi connectivity index (χ0) is 33.8. The first-order chi connectivity index (χ1) is 23.2. The molecule has 4 heterocycles. The van der Waals surface area contributed by atoms with Crippen molar-refractivity contribution < 1.29 is 29.3 Å². The van der Waals surface area contributed by atoms with Gasteiger partial charge in [-0.2, -0.15) is 0 Å². The molecule has 4 aliphatic heterocycles. The summed E-state index contributed by atoms with van der Waals surface area (Å²) >= 11 is 6.94. The van der Waals surface area contributed by atoms with Crippen LogP contribution in [-0.4, -0.2) is 123 Å². The molecule has 4 amide bonds. The Balaban J connectivity index is 1.07. The molecule has 5 aliphatic rings. The predicted octanol–water partition coefficient (Wildman–Crippen LogP) is 5.39. The van der Waals surface area contributed by atoms with Gasteiger partial charge < -0.3 is 39.9 Å². The number of carbonyl (C=O) groups is 3. The third-order valence-electron chi connectivity index (χ3n) is 10.8. The maximum atomic E-state index is 14.0. The molecule has 3 fully saturated rings. The second-order valence-corrected chi connectivity index (χ2v) is 15.7. The van der Waals surface area contributed by atoms with Crippen LogP contribution in [0.3, 0.4) is 0 Å². The van der Waals surface area contributed by atoms with E-state index in [-0.39, 0.29) is 41.6 Å². The second kappa shape index (κ2) is 15.9. The monoisotopic (exact) mass is 791 g/mol. The fourth-order valence-electron chi connectivity index (χ4n) is 7.80. The van der Waals surface area contributed by atoms with Crippen molar-refractivity contribution in [2.45, 2.75) is 80.8 Å². The van der Waals surface area contributed by atoms with Gasteiger partial charge in [0.2, 0.25) is 0 Å². The molecule has 262 valence electrons. The number of carbonyl (C=O) groups excluding carboxylic acids is 3. The molecule has 1 aromatic carbocycles. The Kier molecular flexibility index (Phi) is 11.7. The number of rotatable bonds is 7. The minimum Gasteiger partial charge on any atom is -0.510 e. The van der Waals surface area contributed by atoms with E-state index in [1.807, 2.05) is 40.1 Å². The van der Waals surface area contributed by atoms with Gasteiger partial charge in [0.25, 0.3) is 5.91 Å². The Bertz CT molecular complexity index is 1400. The zero-order valence-corrected chi connectivity index (χ0v) is 30.5. The van der Waals surface area contributed by atoms with E-state index in [0.717, 1.165) is 62.0 Å². The van der Waals surface area contributed by atoms with Crippen molar-refractivity contribution in [3.63, 3.8) is 0 Å². The molecule has 48 heavy (non-hydrogen) atoms. The number of hydrogen-bond acceptors (Lipinski definition) is 7. The first-order valence-electron chi connectivity index (χ1n) is 17.4. The van der Waals surface area contributed by atoms with Crippen molar-refractivity contribution in [2.75, 3.05) is 57.7 Å². The molecule has 3 saturated heterocycles. The number of ether oxygens (including phenoxy) is 1. The Labute approximate surface area is 299 Å². The Morgan fingerprint density at radius 1 is 0.938 bits per heavy atom. The number of hydrogen-bond donors (Lipinski definition) is 3. The number of urea groups is 1. The second-order valence-electron chi connectivity index (χ2n) is 13.8. The van der Waals surface area contributed by atoms with Crippen LogP contribution in [0.25, 0.3) is 0 Å². The number of nitrogens with one attached hydrogen (secondary N) is 1. The number of anilines is 1. The molecule has 0 spiro atoms. The lowest BCUT2D eigenvalue weighted by Gasteiger charge is -2.42. The number of likely N-dealkylation sites (tertiary alicyclic amines) is 3. The summed E-state index contributed by atoms with van der Waals surface area (Å²) in [7, 11) is 0. The van der Waals surface area contributed by atoms with E-state index in [2.05, 4.69) is 42.1 Å². The van der Waals surface area contributed by atoms with Crippen LogP contribution in [0, 0.1) is 5.92 Å². The van der Waals surface area contributed by atoms with Crippen molar-refractivity contribution in [1.29, 1.82) is 0 Å². The number of aliphatic hydroxyl groups is 2. The maximum absolute atomic E-state index is 14.0. The van der Waals surface area contributed by atoms with Crippen molar-refractivity contribution in [2.24, 2.45) is 5.92 Å². The normalized spacial score (nSPS) is 24.5. The number of fused-ring (bicyclic) bond motifs is 1. The van der Waals surface area contributed by atoms with Crippen LogP contribution in [0.1, 0.15) is 56.9 Å². The van der Waals surface area contributed by atoms with E-state index in [1.54, 1.807) is 4.90 Å². The number of para-hydroxylation sites is 1. The number of benzene rings is 1. The van der Waals surface area contributed by atoms with Gasteiger partial charge >= 0.3 is 12.1 Å². The molecule has 2 atom stereocenters. The highest BCUT2D eigenvalue weighted by Crippen LogP contribution is 2.34. The summed E-state index contributed by atoms with van der Waals surface area (Å²) in [4.78, 5) is 48.3. The minimum absolute atomic E-state index is 0.0107. The molecule has 13 heteroatoms. The summed E-state index contributed by atoms with van der Waals surface area (Å²) < 4.78 is 6.61. The number of piperidine rings is 3. The predicted molar refractivity (Wildman–Crippen MR) is 190 cm³/mol. The molecule has 0 saturated carbocycles. The molecule has 1 unspecified atom stereocenters. The van der Waals surface area contributed by atoms with Crippen LogP contribution in [0.2, 0.25) is 0 Å². The Morgan fingerprint density at radius 3 is 2.29 bits per heavy atom. The van der Waals surface area contributed by atoms with Gasteiger partial charge in [0.05, 0.1) is 9.31 Å². The number of halogens is 2. The van der Waals surface area contributed by atoms with Crippen molar-refractivity contribution in [1.82, 2.24) is 19.6 Å². The minimum atomic E-state index is -0.978.